The minimum Gasteiger partial charge on any atom is -0.309 e. The number of rotatable bonds is 3. The van der Waals surface area contributed by atoms with Crippen molar-refractivity contribution in [2.24, 2.45) is 0 Å². The molecule has 1 unspecified atom stereocenters. The van der Waals surface area contributed by atoms with Gasteiger partial charge in [-0.2, -0.15) is 0 Å². The Morgan fingerprint density at radius 3 is 1.70 bits per heavy atom. The van der Waals surface area contributed by atoms with E-state index >= 15 is 0 Å². The summed E-state index contributed by atoms with van der Waals surface area (Å²) in [5.41, 5.74) is 20.2. The third-order valence-corrected chi connectivity index (χ3v) is 12.2. The first-order chi connectivity index (χ1) is 26.4. The first-order valence-electron chi connectivity index (χ1n) is 19.1. The molecule has 0 bridgehead atoms. The minimum atomic E-state index is -0.530. The molecule has 1 spiro atoms. The van der Waals surface area contributed by atoms with Crippen molar-refractivity contribution in [1.29, 1.82) is 0 Å². The normalized spacial score (nSPS) is 15.4. The van der Waals surface area contributed by atoms with Crippen LogP contribution in [0.3, 0.4) is 0 Å². The minimum absolute atomic E-state index is 0.0114. The van der Waals surface area contributed by atoms with Gasteiger partial charge in [0, 0.05) is 22.0 Å². The standard InChI is InChI=1S/C53H39N/c1-52(2,3)38-25-29-42-41-28-24-37(35-16-8-5-9-17-35)32-47(41)53(48(42)33-38)46-20-12-10-18-40(46)44-30-31-45-43-19-11-13-21-49(43)54(51(45)50(44)53)39-26-22-36(23-27-39)34-14-6-4-7-15-34/h4-33H,1-3H3. The third-order valence-electron chi connectivity index (χ3n) is 12.2. The van der Waals surface area contributed by atoms with Crippen LogP contribution in [0.25, 0.3) is 72.0 Å². The van der Waals surface area contributed by atoms with Crippen molar-refractivity contribution in [2.45, 2.75) is 31.6 Å². The molecule has 256 valence electrons. The fourth-order valence-electron chi connectivity index (χ4n) is 9.70. The number of benzene rings is 8. The summed E-state index contributed by atoms with van der Waals surface area (Å²) in [6.07, 6.45) is 0. The Bertz CT molecular complexity index is 2940. The smallest absolute Gasteiger partial charge is 0.0746 e. The van der Waals surface area contributed by atoms with Crippen LogP contribution in [0.2, 0.25) is 0 Å². The van der Waals surface area contributed by atoms with E-state index in [1.807, 2.05) is 0 Å². The SMILES string of the molecule is CC(C)(C)c1ccc2c(c1)C1(c3cc(-c4ccccc4)ccc3-2)c2ccccc2-c2ccc3c4ccccc4n(-c4ccc(-c5ccccc5)cc4)c3c21. The van der Waals surface area contributed by atoms with Gasteiger partial charge in [0.15, 0.2) is 0 Å². The molecule has 2 aliphatic carbocycles. The summed E-state index contributed by atoms with van der Waals surface area (Å²) in [4.78, 5) is 0. The summed E-state index contributed by atoms with van der Waals surface area (Å²) in [7, 11) is 0. The molecule has 8 aromatic carbocycles. The highest BCUT2D eigenvalue weighted by Crippen LogP contribution is 2.65. The molecule has 1 atom stereocenters. The number of hydrogen-bond donors (Lipinski definition) is 0. The van der Waals surface area contributed by atoms with Crippen LogP contribution in [0.1, 0.15) is 48.6 Å². The molecule has 9 aromatic rings. The zero-order valence-corrected chi connectivity index (χ0v) is 30.8. The number of aromatic nitrogens is 1. The second kappa shape index (κ2) is 11.3. The molecule has 1 aromatic heterocycles. The molecule has 0 amide bonds. The van der Waals surface area contributed by atoms with E-state index in [0.29, 0.717) is 0 Å². The second-order valence-electron chi connectivity index (χ2n) is 16.1. The Kier molecular flexibility index (Phi) is 6.50. The van der Waals surface area contributed by atoms with Gasteiger partial charge in [-0.1, -0.05) is 178 Å². The molecule has 0 saturated carbocycles. The van der Waals surface area contributed by atoms with E-state index in [-0.39, 0.29) is 5.41 Å². The van der Waals surface area contributed by atoms with Gasteiger partial charge in [-0.15, -0.1) is 0 Å². The Labute approximate surface area is 316 Å². The number of nitrogens with zero attached hydrogens (tertiary/aromatic N) is 1. The van der Waals surface area contributed by atoms with Crippen molar-refractivity contribution in [3.05, 3.63) is 210 Å². The van der Waals surface area contributed by atoms with Crippen LogP contribution in [-0.4, -0.2) is 4.57 Å². The van der Waals surface area contributed by atoms with Gasteiger partial charge in [-0.25, -0.2) is 0 Å². The lowest BCUT2D eigenvalue weighted by Gasteiger charge is -2.33. The summed E-state index contributed by atoms with van der Waals surface area (Å²) in [5.74, 6) is 0. The van der Waals surface area contributed by atoms with E-state index in [1.165, 1.54) is 99.8 Å². The Morgan fingerprint density at radius 2 is 0.963 bits per heavy atom. The van der Waals surface area contributed by atoms with E-state index < -0.39 is 5.41 Å². The summed E-state index contributed by atoms with van der Waals surface area (Å²) in [6.45, 7) is 7.01. The van der Waals surface area contributed by atoms with Crippen LogP contribution in [0.15, 0.2) is 182 Å². The van der Waals surface area contributed by atoms with E-state index in [9.17, 15) is 0 Å². The average Bonchev–Trinajstić information content (AvgIpc) is 3.82. The molecule has 1 nitrogen and oxygen atoms in total. The molecule has 1 heteroatoms. The third kappa shape index (κ3) is 4.21. The van der Waals surface area contributed by atoms with E-state index in [0.717, 1.165) is 0 Å². The summed E-state index contributed by atoms with van der Waals surface area (Å²) in [5, 5.41) is 2.55. The lowest BCUT2D eigenvalue weighted by atomic mass is 9.69. The molecule has 0 radical (unpaired) electrons. The monoisotopic (exact) mass is 689 g/mol. The van der Waals surface area contributed by atoms with Gasteiger partial charge in [0.25, 0.3) is 0 Å². The Morgan fingerprint density at radius 1 is 0.407 bits per heavy atom. The van der Waals surface area contributed by atoms with Gasteiger partial charge in [-0.05, 0) is 96.4 Å². The highest BCUT2D eigenvalue weighted by atomic mass is 15.0. The maximum atomic E-state index is 2.55. The largest absolute Gasteiger partial charge is 0.309 e. The molecule has 0 aliphatic heterocycles. The number of fused-ring (bicyclic) bond motifs is 14. The van der Waals surface area contributed by atoms with Gasteiger partial charge in [0.1, 0.15) is 0 Å². The molecule has 2 aliphatic rings. The Hall–Kier alpha value is -6.44. The van der Waals surface area contributed by atoms with Gasteiger partial charge >= 0.3 is 0 Å². The topological polar surface area (TPSA) is 4.93 Å². The Balaban J connectivity index is 1.30. The number of para-hydroxylation sites is 1. The van der Waals surface area contributed by atoms with Crippen molar-refractivity contribution in [2.75, 3.05) is 0 Å². The maximum Gasteiger partial charge on any atom is 0.0746 e. The van der Waals surface area contributed by atoms with Crippen molar-refractivity contribution < 1.29 is 0 Å². The predicted octanol–water partition coefficient (Wildman–Crippen LogP) is 13.8. The maximum absolute atomic E-state index is 2.55. The zero-order chi connectivity index (χ0) is 36.2. The highest BCUT2D eigenvalue weighted by Gasteiger charge is 2.53. The quantitative estimate of drug-likeness (QED) is 0.174. The predicted molar refractivity (Wildman–Crippen MR) is 227 cm³/mol. The van der Waals surface area contributed by atoms with Crippen LogP contribution in [-0.2, 0) is 10.8 Å². The zero-order valence-electron chi connectivity index (χ0n) is 30.8. The second-order valence-corrected chi connectivity index (χ2v) is 16.1. The molecule has 1 heterocycles. The fraction of sp³-hybridized carbons (Fsp3) is 0.0943. The van der Waals surface area contributed by atoms with E-state index in [4.69, 9.17) is 0 Å². The highest BCUT2D eigenvalue weighted by molar-refractivity contribution is 6.14. The number of hydrogen-bond acceptors (Lipinski definition) is 0. The van der Waals surface area contributed by atoms with Gasteiger partial charge in [0.2, 0.25) is 0 Å². The van der Waals surface area contributed by atoms with E-state index in [2.05, 4.69) is 207 Å². The molecule has 11 rings (SSSR count). The first kappa shape index (κ1) is 31.1. The van der Waals surface area contributed by atoms with Crippen molar-refractivity contribution in [1.82, 2.24) is 4.57 Å². The molecular weight excluding hydrogens is 651 g/mol. The molecular formula is C53H39N. The lowest BCUT2D eigenvalue weighted by Crippen LogP contribution is -2.27. The fourth-order valence-corrected chi connectivity index (χ4v) is 9.70. The molecule has 0 saturated heterocycles. The van der Waals surface area contributed by atoms with Crippen LogP contribution in [0.5, 0.6) is 0 Å². The van der Waals surface area contributed by atoms with Crippen LogP contribution >= 0.6 is 0 Å². The van der Waals surface area contributed by atoms with Crippen molar-refractivity contribution in [3.63, 3.8) is 0 Å². The van der Waals surface area contributed by atoms with Crippen LogP contribution in [0.4, 0.5) is 0 Å². The first-order valence-corrected chi connectivity index (χ1v) is 19.1. The summed E-state index contributed by atoms with van der Waals surface area (Å²) < 4.78 is 2.55. The van der Waals surface area contributed by atoms with Crippen LogP contribution < -0.4 is 0 Å². The summed E-state index contributed by atoms with van der Waals surface area (Å²) in [6, 6.07) is 68.2. The van der Waals surface area contributed by atoms with Crippen molar-refractivity contribution >= 4 is 21.8 Å². The molecule has 0 fully saturated rings. The van der Waals surface area contributed by atoms with Gasteiger partial charge < -0.3 is 4.57 Å². The molecule has 54 heavy (non-hydrogen) atoms. The summed E-state index contributed by atoms with van der Waals surface area (Å²) >= 11 is 0. The lowest BCUT2D eigenvalue weighted by molar-refractivity contribution is 0.588. The van der Waals surface area contributed by atoms with Crippen LogP contribution in [0, 0.1) is 0 Å². The molecule has 0 N–H and O–H groups in total. The van der Waals surface area contributed by atoms with E-state index in [1.54, 1.807) is 0 Å². The average molecular weight is 690 g/mol. The van der Waals surface area contributed by atoms with Gasteiger partial charge in [-0.3, -0.25) is 0 Å². The van der Waals surface area contributed by atoms with Gasteiger partial charge in [0.05, 0.1) is 16.4 Å². The van der Waals surface area contributed by atoms with Crippen molar-refractivity contribution in [3.8, 4) is 50.2 Å².